The maximum absolute atomic E-state index is 10.8. The number of carbonyl (C=O) groups is 1. The fourth-order valence-electron chi connectivity index (χ4n) is 1.63. The van der Waals surface area contributed by atoms with Crippen LogP contribution in [0.2, 0.25) is 0 Å². The van der Waals surface area contributed by atoms with Gasteiger partial charge in [-0.05, 0) is 17.7 Å². The van der Waals surface area contributed by atoms with E-state index in [1.54, 1.807) is 12.1 Å². The van der Waals surface area contributed by atoms with Gasteiger partial charge in [-0.15, -0.1) is 0 Å². The molecular weight excluding hydrogens is 192 g/mol. The van der Waals surface area contributed by atoms with Gasteiger partial charge in [-0.3, -0.25) is 4.79 Å². The van der Waals surface area contributed by atoms with Crippen molar-refractivity contribution >= 4 is 11.6 Å². The highest BCUT2D eigenvalue weighted by Crippen LogP contribution is 2.26. The Morgan fingerprint density at radius 2 is 2.00 bits per heavy atom. The molecule has 1 amide bonds. The van der Waals surface area contributed by atoms with Crippen molar-refractivity contribution in [2.24, 2.45) is 0 Å². The van der Waals surface area contributed by atoms with E-state index in [1.165, 1.54) is 6.92 Å². The molecule has 0 spiro atoms. The molecule has 2 rings (SSSR count). The molecule has 4 nitrogen and oxygen atoms in total. The Kier molecular flexibility index (Phi) is 2.46. The summed E-state index contributed by atoms with van der Waals surface area (Å²) in [5.74, 6) is -0.0910. The van der Waals surface area contributed by atoms with Crippen LogP contribution in [0.1, 0.15) is 12.5 Å². The first-order valence-corrected chi connectivity index (χ1v) is 4.91. The van der Waals surface area contributed by atoms with Gasteiger partial charge < -0.3 is 15.7 Å². The van der Waals surface area contributed by atoms with E-state index in [0.29, 0.717) is 13.1 Å². The number of nitrogens with one attached hydrogen (secondary N) is 2. The Morgan fingerprint density at radius 1 is 1.40 bits per heavy atom. The van der Waals surface area contributed by atoms with E-state index in [4.69, 9.17) is 0 Å². The Bertz CT molecular complexity index is 369. The normalized spacial score (nSPS) is 18.0. The summed E-state index contributed by atoms with van der Waals surface area (Å²) in [4.78, 5) is 10.8. The number of aliphatic hydroxyl groups is 1. The van der Waals surface area contributed by atoms with Crippen LogP contribution in [0.3, 0.4) is 0 Å². The molecule has 15 heavy (non-hydrogen) atoms. The second-order valence-electron chi connectivity index (χ2n) is 3.89. The Hall–Kier alpha value is -1.39. The zero-order valence-corrected chi connectivity index (χ0v) is 8.58. The third-order valence-corrected chi connectivity index (χ3v) is 2.58. The molecule has 1 saturated heterocycles. The molecule has 1 aliphatic heterocycles. The van der Waals surface area contributed by atoms with Crippen molar-refractivity contribution in [1.82, 2.24) is 5.32 Å². The van der Waals surface area contributed by atoms with E-state index < -0.39 is 5.60 Å². The van der Waals surface area contributed by atoms with Crippen molar-refractivity contribution in [3.8, 4) is 0 Å². The average Bonchev–Trinajstić information content (AvgIpc) is 2.14. The smallest absolute Gasteiger partial charge is 0.221 e. The Labute approximate surface area is 88.3 Å². The van der Waals surface area contributed by atoms with Gasteiger partial charge in [-0.25, -0.2) is 0 Å². The molecule has 3 N–H and O–H groups in total. The van der Waals surface area contributed by atoms with Gasteiger partial charge >= 0.3 is 0 Å². The lowest BCUT2D eigenvalue weighted by atomic mass is 9.88. The van der Waals surface area contributed by atoms with Gasteiger partial charge in [0.1, 0.15) is 5.60 Å². The number of benzene rings is 1. The lowest BCUT2D eigenvalue weighted by Crippen LogP contribution is -2.56. The number of rotatable bonds is 2. The quantitative estimate of drug-likeness (QED) is 0.658. The van der Waals surface area contributed by atoms with Crippen LogP contribution < -0.4 is 10.6 Å². The van der Waals surface area contributed by atoms with Crippen molar-refractivity contribution in [2.45, 2.75) is 12.5 Å². The summed E-state index contributed by atoms with van der Waals surface area (Å²) in [5.41, 5.74) is 0.909. The standard InChI is InChI=1S/C11H14N2O2/c1-8(14)13-10-4-2-9(3-5-10)11(15)6-12-7-11/h2-5,12,15H,6-7H2,1H3,(H,13,14). The molecule has 80 valence electrons. The number of anilines is 1. The number of carbonyl (C=O) groups excluding carboxylic acids is 1. The molecule has 1 fully saturated rings. The van der Waals surface area contributed by atoms with Crippen molar-refractivity contribution in [1.29, 1.82) is 0 Å². The van der Waals surface area contributed by atoms with Gasteiger partial charge in [-0.2, -0.15) is 0 Å². The van der Waals surface area contributed by atoms with Gasteiger partial charge in [-0.1, -0.05) is 12.1 Å². The van der Waals surface area contributed by atoms with E-state index in [0.717, 1.165) is 11.3 Å². The fourth-order valence-corrected chi connectivity index (χ4v) is 1.63. The second kappa shape index (κ2) is 3.64. The predicted molar refractivity (Wildman–Crippen MR) is 57.5 cm³/mol. The maximum atomic E-state index is 10.8. The van der Waals surface area contributed by atoms with E-state index in [9.17, 15) is 9.90 Å². The van der Waals surface area contributed by atoms with Gasteiger partial charge in [0.25, 0.3) is 0 Å². The number of β-amino-alcohol motifs (C(OH)–C–C–N with tert-alkyl or cyclic N) is 1. The van der Waals surface area contributed by atoms with Crippen LogP contribution in [-0.4, -0.2) is 24.1 Å². The first kappa shape index (κ1) is 10.1. The molecule has 0 unspecified atom stereocenters. The molecule has 0 saturated carbocycles. The monoisotopic (exact) mass is 206 g/mol. The van der Waals surface area contributed by atoms with Crippen molar-refractivity contribution in [3.05, 3.63) is 29.8 Å². The largest absolute Gasteiger partial charge is 0.382 e. The van der Waals surface area contributed by atoms with Gasteiger partial charge in [0.2, 0.25) is 5.91 Å². The second-order valence-corrected chi connectivity index (χ2v) is 3.89. The van der Waals surface area contributed by atoms with Gasteiger partial charge in [0.05, 0.1) is 0 Å². The summed E-state index contributed by atoms with van der Waals surface area (Å²) in [5, 5.41) is 15.7. The molecule has 0 radical (unpaired) electrons. The Morgan fingerprint density at radius 3 is 2.40 bits per heavy atom. The third kappa shape index (κ3) is 2.00. The van der Waals surface area contributed by atoms with Crippen LogP contribution in [0.25, 0.3) is 0 Å². The average molecular weight is 206 g/mol. The highest BCUT2D eigenvalue weighted by molar-refractivity contribution is 5.88. The van der Waals surface area contributed by atoms with Crippen LogP contribution in [0.15, 0.2) is 24.3 Å². The summed E-state index contributed by atoms with van der Waals surface area (Å²) in [6.45, 7) is 2.65. The molecule has 1 heterocycles. The fraction of sp³-hybridized carbons (Fsp3) is 0.364. The van der Waals surface area contributed by atoms with E-state index in [2.05, 4.69) is 10.6 Å². The van der Waals surface area contributed by atoms with Crippen molar-refractivity contribution < 1.29 is 9.90 Å². The van der Waals surface area contributed by atoms with E-state index >= 15 is 0 Å². The van der Waals surface area contributed by atoms with E-state index in [-0.39, 0.29) is 5.91 Å². The minimum Gasteiger partial charge on any atom is -0.382 e. The number of hydrogen-bond acceptors (Lipinski definition) is 3. The van der Waals surface area contributed by atoms with Crippen LogP contribution in [-0.2, 0) is 10.4 Å². The minimum atomic E-state index is -0.727. The first-order valence-electron chi connectivity index (χ1n) is 4.91. The summed E-state index contributed by atoms with van der Waals surface area (Å²) in [6, 6.07) is 7.28. The van der Waals surface area contributed by atoms with Crippen molar-refractivity contribution in [3.63, 3.8) is 0 Å². The molecule has 4 heteroatoms. The number of hydrogen-bond donors (Lipinski definition) is 3. The summed E-state index contributed by atoms with van der Waals surface area (Å²) >= 11 is 0. The molecule has 1 aromatic rings. The van der Waals surface area contributed by atoms with Crippen LogP contribution in [0.4, 0.5) is 5.69 Å². The predicted octanol–water partition coefficient (Wildman–Crippen LogP) is 0.436. The molecule has 1 aliphatic rings. The Balaban J connectivity index is 2.13. The van der Waals surface area contributed by atoms with Crippen LogP contribution in [0.5, 0.6) is 0 Å². The minimum absolute atomic E-state index is 0.0910. The molecule has 0 atom stereocenters. The highest BCUT2D eigenvalue weighted by Gasteiger charge is 2.35. The molecule has 1 aromatic carbocycles. The summed E-state index contributed by atoms with van der Waals surface area (Å²) in [7, 11) is 0. The van der Waals surface area contributed by atoms with Crippen LogP contribution in [0, 0.1) is 0 Å². The zero-order chi connectivity index (χ0) is 10.9. The SMILES string of the molecule is CC(=O)Nc1ccc(C2(O)CNC2)cc1. The summed E-state index contributed by atoms with van der Waals surface area (Å²) in [6.07, 6.45) is 0. The topological polar surface area (TPSA) is 61.4 Å². The lowest BCUT2D eigenvalue weighted by molar-refractivity contribution is -0.114. The highest BCUT2D eigenvalue weighted by atomic mass is 16.3. The maximum Gasteiger partial charge on any atom is 0.221 e. The number of amides is 1. The van der Waals surface area contributed by atoms with Crippen LogP contribution >= 0.6 is 0 Å². The molecule has 0 aliphatic carbocycles. The lowest BCUT2D eigenvalue weighted by Gasteiger charge is -2.38. The van der Waals surface area contributed by atoms with Gasteiger partial charge in [0, 0.05) is 25.7 Å². The van der Waals surface area contributed by atoms with E-state index in [1.807, 2.05) is 12.1 Å². The summed E-state index contributed by atoms with van der Waals surface area (Å²) < 4.78 is 0. The zero-order valence-electron chi connectivity index (χ0n) is 8.58. The third-order valence-electron chi connectivity index (χ3n) is 2.58. The van der Waals surface area contributed by atoms with Crippen molar-refractivity contribution in [2.75, 3.05) is 18.4 Å². The molecular formula is C11H14N2O2. The molecule has 0 aromatic heterocycles. The van der Waals surface area contributed by atoms with Gasteiger partial charge in [0.15, 0.2) is 0 Å². The molecule has 0 bridgehead atoms. The first-order chi connectivity index (χ1) is 7.10.